The molecule has 0 radical (unpaired) electrons. The summed E-state index contributed by atoms with van der Waals surface area (Å²) in [5, 5.41) is 12.3. The van der Waals surface area contributed by atoms with Crippen molar-refractivity contribution in [1.29, 1.82) is 0 Å². The maximum atomic E-state index is 13.5. The van der Waals surface area contributed by atoms with Crippen LogP contribution in [0.4, 0.5) is 13.6 Å². The molecule has 1 aromatic rings. The Morgan fingerprint density at radius 2 is 1.80 bits per heavy atom. The summed E-state index contributed by atoms with van der Waals surface area (Å²) in [7, 11) is 0. The molecule has 112 valence electrons. The summed E-state index contributed by atoms with van der Waals surface area (Å²) in [6.45, 7) is 6.49. The minimum Gasteiger partial charge on any atom is -0.444 e. The van der Waals surface area contributed by atoms with Crippen molar-refractivity contribution < 1.29 is 23.4 Å². The first-order valence-corrected chi connectivity index (χ1v) is 6.23. The highest BCUT2D eigenvalue weighted by atomic mass is 19.1. The minimum absolute atomic E-state index is 0.476. The molecule has 0 spiro atoms. The summed E-state index contributed by atoms with van der Waals surface area (Å²) >= 11 is 0. The van der Waals surface area contributed by atoms with Crippen LogP contribution in [-0.2, 0) is 4.74 Å². The van der Waals surface area contributed by atoms with Crippen LogP contribution in [0.3, 0.4) is 0 Å². The largest absolute Gasteiger partial charge is 0.444 e. The zero-order chi connectivity index (χ0) is 15.5. The predicted octanol–water partition coefficient (Wildman–Crippen LogP) is 2.91. The van der Waals surface area contributed by atoms with Gasteiger partial charge in [-0.15, -0.1) is 0 Å². The summed E-state index contributed by atoms with van der Waals surface area (Å²) in [6, 6.07) is 2.38. The van der Waals surface area contributed by atoms with Crippen LogP contribution in [0.15, 0.2) is 18.2 Å². The van der Waals surface area contributed by atoms with Crippen molar-refractivity contribution in [2.45, 2.75) is 45.4 Å². The van der Waals surface area contributed by atoms with Crippen molar-refractivity contribution in [3.8, 4) is 0 Å². The Morgan fingerprint density at radius 3 is 2.25 bits per heavy atom. The summed E-state index contributed by atoms with van der Waals surface area (Å²) < 4.78 is 32.1. The lowest BCUT2D eigenvalue weighted by molar-refractivity contribution is 0.0429. The molecule has 2 atom stereocenters. The maximum absolute atomic E-state index is 13.5. The van der Waals surface area contributed by atoms with Crippen LogP contribution in [-0.4, -0.2) is 22.8 Å². The molecule has 0 heterocycles. The van der Waals surface area contributed by atoms with E-state index in [0.717, 1.165) is 12.1 Å². The van der Waals surface area contributed by atoms with Crippen molar-refractivity contribution in [2.75, 3.05) is 0 Å². The Labute approximate surface area is 116 Å². The Balaban J connectivity index is 2.77. The second kappa shape index (κ2) is 6.17. The van der Waals surface area contributed by atoms with Gasteiger partial charge in [-0.25, -0.2) is 13.6 Å². The van der Waals surface area contributed by atoms with Gasteiger partial charge in [-0.2, -0.15) is 0 Å². The number of carbonyl (C=O) groups is 1. The highest BCUT2D eigenvalue weighted by Crippen LogP contribution is 2.23. The number of hydrogen-bond acceptors (Lipinski definition) is 3. The molecule has 0 aromatic heterocycles. The molecule has 1 rings (SSSR count). The number of alkyl carbamates (subject to hydrolysis) is 1. The van der Waals surface area contributed by atoms with Gasteiger partial charge in [-0.1, -0.05) is 6.07 Å². The fraction of sp³-hybridized carbons (Fsp3) is 0.500. The second-order valence-electron chi connectivity index (χ2n) is 5.52. The molecule has 20 heavy (non-hydrogen) atoms. The molecule has 0 fully saturated rings. The van der Waals surface area contributed by atoms with Crippen molar-refractivity contribution in [2.24, 2.45) is 0 Å². The van der Waals surface area contributed by atoms with E-state index in [1.807, 2.05) is 0 Å². The van der Waals surface area contributed by atoms with Gasteiger partial charge >= 0.3 is 6.09 Å². The van der Waals surface area contributed by atoms with E-state index < -0.39 is 41.0 Å². The molecule has 0 saturated heterocycles. The zero-order valence-corrected chi connectivity index (χ0v) is 11.9. The number of aliphatic hydroxyl groups is 1. The SMILES string of the molecule is C[C@@H](NC(=O)OC(C)(C)C)[C@H](O)c1c(F)cccc1F. The van der Waals surface area contributed by atoms with E-state index in [2.05, 4.69) is 5.32 Å². The average molecular weight is 287 g/mol. The van der Waals surface area contributed by atoms with Crippen LogP contribution in [0, 0.1) is 11.6 Å². The zero-order valence-electron chi connectivity index (χ0n) is 11.9. The average Bonchev–Trinajstić information content (AvgIpc) is 2.25. The smallest absolute Gasteiger partial charge is 0.407 e. The summed E-state index contributed by atoms with van der Waals surface area (Å²) in [5.41, 5.74) is -1.17. The Kier molecular flexibility index (Phi) is 5.05. The van der Waals surface area contributed by atoms with Crippen LogP contribution in [0.25, 0.3) is 0 Å². The number of halogens is 2. The van der Waals surface area contributed by atoms with Crippen molar-refractivity contribution in [3.63, 3.8) is 0 Å². The van der Waals surface area contributed by atoms with Crippen LogP contribution in [0.1, 0.15) is 39.4 Å². The Hall–Kier alpha value is -1.69. The van der Waals surface area contributed by atoms with Gasteiger partial charge in [0.1, 0.15) is 23.3 Å². The molecule has 0 aliphatic rings. The Bertz CT molecular complexity index is 466. The number of nitrogens with one attached hydrogen (secondary N) is 1. The van der Waals surface area contributed by atoms with Crippen LogP contribution < -0.4 is 5.32 Å². The predicted molar refractivity (Wildman–Crippen MR) is 70.1 cm³/mol. The topological polar surface area (TPSA) is 58.6 Å². The lowest BCUT2D eigenvalue weighted by Crippen LogP contribution is -2.41. The molecule has 0 saturated carbocycles. The fourth-order valence-corrected chi connectivity index (χ4v) is 1.62. The van der Waals surface area contributed by atoms with Gasteiger partial charge in [-0.3, -0.25) is 0 Å². The van der Waals surface area contributed by atoms with Gasteiger partial charge in [-0.05, 0) is 39.8 Å². The van der Waals surface area contributed by atoms with Gasteiger partial charge in [0.05, 0.1) is 11.6 Å². The molecular formula is C14H19F2NO3. The van der Waals surface area contributed by atoms with Gasteiger partial charge in [0, 0.05) is 0 Å². The molecule has 6 heteroatoms. The summed E-state index contributed by atoms with van der Waals surface area (Å²) in [6.07, 6.45) is -2.27. The number of ether oxygens (including phenoxy) is 1. The number of hydrogen-bond donors (Lipinski definition) is 2. The maximum Gasteiger partial charge on any atom is 0.407 e. The van der Waals surface area contributed by atoms with Crippen LogP contribution >= 0.6 is 0 Å². The monoisotopic (exact) mass is 287 g/mol. The molecule has 0 aliphatic carbocycles. The summed E-state index contributed by atoms with van der Waals surface area (Å²) in [5.74, 6) is -1.73. The molecule has 4 nitrogen and oxygen atoms in total. The number of amides is 1. The third kappa shape index (κ3) is 4.45. The molecule has 2 N–H and O–H groups in total. The quantitative estimate of drug-likeness (QED) is 0.898. The number of rotatable bonds is 3. The highest BCUT2D eigenvalue weighted by Gasteiger charge is 2.26. The van der Waals surface area contributed by atoms with E-state index in [4.69, 9.17) is 4.74 Å². The van der Waals surface area contributed by atoms with Gasteiger partial charge in [0.2, 0.25) is 0 Å². The van der Waals surface area contributed by atoms with Crippen LogP contribution in [0.2, 0.25) is 0 Å². The molecule has 1 aromatic carbocycles. The number of carbonyl (C=O) groups excluding carboxylic acids is 1. The lowest BCUT2D eigenvalue weighted by atomic mass is 10.0. The second-order valence-corrected chi connectivity index (χ2v) is 5.52. The van der Waals surface area contributed by atoms with Gasteiger partial charge in [0.25, 0.3) is 0 Å². The van der Waals surface area contributed by atoms with E-state index in [0.29, 0.717) is 0 Å². The van der Waals surface area contributed by atoms with Crippen molar-refractivity contribution >= 4 is 6.09 Å². The normalized spacial score (nSPS) is 14.6. The van der Waals surface area contributed by atoms with E-state index >= 15 is 0 Å². The third-order valence-corrected chi connectivity index (χ3v) is 2.51. The molecular weight excluding hydrogens is 268 g/mol. The van der Waals surface area contributed by atoms with E-state index in [1.54, 1.807) is 20.8 Å². The minimum atomic E-state index is -1.51. The first-order chi connectivity index (χ1) is 9.11. The van der Waals surface area contributed by atoms with E-state index in [9.17, 15) is 18.7 Å². The number of aliphatic hydroxyl groups excluding tert-OH is 1. The molecule has 0 bridgehead atoms. The van der Waals surface area contributed by atoms with Crippen molar-refractivity contribution in [3.05, 3.63) is 35.4 Å². The first kappa shape index (κ1) is 16.4. The fourth-order valence-electron chi connectivity index (χ4n) is 1.62. The standard InChI is InChI=1S/C14H19F2NO3/c1-8(17-13(19)20-14(2,3)4)12(18)11-9(15)6-5-7-10(11)16/h5-8,12,18H,1-4H3,(H,17,19)/t8-,12+/m1/s1. The lowest BCUT2D eigenvalue weighted by Gasteiger charge is -2.24. The van der Waals surface area contributed by atoms with Crippen molar-refractivity contribution in [1.82, 2.24) is 5.32 Å². The van der Waals surface area contributed by atoms with Crippen LogP contribution in [0.5, 0.6) is 0 Å². The van der Waals surface area contributed by atoms with E-state index in [1.165, 1.54) is 13.0 Å². The third-order valence-electron chi connectivity index (χ3n) is 2.51. The first-order valence-electron chi connectivity index (χ1n) is 6.23. The summed E-state index contributed by atoms with van der Waals surface area (Å²) in [4.78, 5) is 11.5. The number of benzene rings is 1. The van der Waals surface area contributed by atoms with Gasteiger partial charge < -0.3 is 15.2 Å². The molecule has 0 unspecified atom stereocenters. The van der Waals surface area contributed by atoms with E-state index in [-0.39, 0.29) is 0 Å². The molecule has 1 amide bonds. The highest BCUT2D eigenvalue weighted by molar-refractivity contribution is 5.68. The van der Waals surface area contributed by atoms with Gasteiger partial charge in [0.15, 0.2) is 0 Å². The Morgan fingerprint density at radius 1 is 1.30 bits per heavy atom. The molecule has 0 aliphatic heterocycles.